The van der Waals surface area contributed by atoms with Crippen molar-refractivity contribution in [1.29, 1.82) is 0 Å². The Balaban J connectivity index is 2.08. The number of hydrogen-bond acceptors (Lipinski definition) is 3. The third-order valence-corrected chi connectivity index (χ3v) is 4.32. The number of halogens is 3. The smallest absolute Gasteiger partial charge is 0.261 e. The molecule has 0 bridgehead atoms. The van der Waals surface area contributed by atoms with Gasteiger partial charge < -0.3 is 0 Å². The lowest BCUT2D eigenvalue weighted by molar-refractivity contribution is 0.511. The standard InChI is InChI=1S/C16H10ClF2N3O/c17-10-4-3-8(12(18)13(10)19)14-15-9(5-6-20-14)16(23)22-7-1-2-11(22)21-15/h3-6H,1-2,7H2. The second kappa shape index (κ2) is 5.09. The van der Waals surface area contributed by atoms with Gasteiger partial charge in [0.05, 0.1) is 16.1 Å². The predicted octanol–water partition coefficient (Wildman–Crippen LogP) is 3.34. The van der Waals surface area contributed by atoms with Gasteiger partial charge in [-0.1, -0.05) is 11.6 Å². The molecule has 0 atom stereocenters. The summed E-state index contributed by atoms with van der Waals surface area (Å²) in [4.78, 5) is 21.1. The van der Waals surface area contributed by atoms with Crippen LogP contribution >= 0.6 is 11.6 Å². The maximum atomic E-state index is 14.2. The van der Waals surface area contributed by atoms with Crippen molar-refractivity contribution < 1.29 is 8.78 Å². The fourth-order valence-electron chi connectivity index (χ4n) is 2.91. The summed E-state index contributed by atoms with van der Waals surface area (Å²) in [6.07, 6.45) is 2.91. The van der Waals surface area contributed by atoms with Crippen LogP contribution in [0.3, 0.4) is 0 Å². The zero-order valence-corrected chi connectivity index (χ0v) is 12.6. The maximum Gasteiger partial charge on any atom is 0.261 e. The summed E-state index contributed by atoms with van der Waals surface area (Å²) in [7, 11) is 0. The van der Waals surface area contributed by atoms with E-state index in [1.807, 2.05) is 0 Å². The van der Waals surface area contributed by atoms with E-state index in [0.29, 0.717) is 24.2 Å². The molecule has 4 rings (SSSR count). The van der Waals surface area contributed by atoms with Gasteiger partial charge in [-0.05, 0) is 24.6 Å². The molecule has 23 heavy (non-hydrogen) atoms. The van der Waals surface area contributed by atoms with Crippen molar-refractivity contribution in [2.75, 3.05) is 0 Å². The minimum Gasteiger partial charge on any atom is -0.296 e. The first-order valence-electron chi connectivity index (χ1n) is 7.10. The molecule has 0 fully saturated rings. The normalized spacial score (nSPS) is 13.5. The first-order valence-corrected chi connectivity index (χ1v) is 7.48. The first kappa shape index (κ1) is 14.3. The average Bonchev–Trinajstić information content (AvgIpc) is 3.02. The Kier molecular flexibility index (Phi) is 3.16. The van der Waals surface area contributed by atoms with Crippen LogP contribution in [-0.4, -0.2) is 14.5 Å². The first-order chi connectivity index (χ1) is 11.1. The summed E-state index contributed by atoms with van der Waals surface area (Å²) in [6, 6.07) is 4.15. The van der Waals surface area contributed by atoms with E-state index >= 15 is 0 Å². The van der Waals surface area contributed by atoms with Crippen LogP contribution in [0.4, 0.5) is 8.78 Å². The van der Waals surface area contributed by atoms with E-state index in [1.54, 1.807) is 10.6 Å². The van der Waals surface area contributed by atoms with Gasteiger partial charge in [0.1, 0.15) is 11.3 Å². The highest BCUT2D eigenvalue weighted by Gasteiger charge is 2.21. The van der Waals surface area contributed by atoms with Crippen molar-refractivity contribution in [2.24, 2.45) is 0 Å². The zero-order chi connectivity index (χ0) is 16.1. The molecule has 7 heteroatoms. The molecule has 3 aromatic rings. The zero-order valence-electron chi connectivity index (χ0n) is 11.8. The summed E-state index contributed by atoms with van der Waals surface area (Å²) in [5.41, 5.74) is 0.183. The monoisotopic (exact) mass is 333 g/mol. The largest absolute Gasteiger partial charge is 0.296 e. The Morgan fingerprint density at radius 1 is 1.17 bits per heavy atom. The molecule has 4 nitrogen and oxygen atoms in total. The van der Waals surface area contributed by atoms with Gasteiger partial charge in [0.25, 0.3) is 5.56 Å². The van der Waals surface area contributed by atoms with Crippen LogP contribution in [-0.2, 0) is 13.0 Å². The second-order valence-electron chi connectivity index (χ2n) is 5.37. The van der Waals surface area contributed by atoms with Gasteiger partial charge in [-0.25, -0.2) is 13.8 Å². The van der Waals surface area contributed by atoms with E-state index < -0.39 is 11.6 Å². The number of nitrogens with zero attached hydrogens (tertiary/aromatic N) is 3. The van der Waals surface area contributed by atoms with E-state index in [0.717, 1.165) is 6.42 Å². The quantitative estimate of drug-likeness (QED) is 0.642. The molecule has 0 saturated carbocycles. The van der Waals surface area contributed by atoms with Crippen molar-refractivity contribution in [3.63, 3.8) is 0 Å². The van der Waals surface area contributed by atoms with Crippen LogP contribution in [0.15, 0.2) is 29.2 Å². The Bertz CT molecular complexity index is 1020. The lowest BCUT2D eigenvalue weighted by Gasteiger charge is -2.10. The number of hydrogen-bond donors (Lipinski definition) is 0. The Labute approximate surface area is 134 Å². The third-order valence-electron chi connectivity index (χ3n) is 4.02. The molecule has 0 N–H and O–H groups in total. The minimum absolute atomic E-state index is 0.0626. The highest BCUT2D eigenvalue weighted by atomic mass is 35.5. The molecule has 2 aromatic heterocycles. The van der Waals surface area contributed by atoms with Gasteiger partial charge >= 0.3 is 0 Å². The van der Waals surface area contributed by atoms with Crippen LogP contribution in [0.2, 0.25) is 5.02 Å². The molecule has 116 valence electrons. The third kappa shape index (κ3) is 2.05. The molecular weight excluding hydrogens is 324 g/mol. The van der Waals surface area contributed by atoms with E-state index in [9.17, 15) is 13.6 Å². The molecule has 3 heterocycles. The lowest BCUT2D eigenvalue weighted by Crippen LogP contribution is -2.21. The lowest BCUT2D eigenvalue weighted by atomic mass is 10.1. The number of fused-ring (bicyclic) bond motifs is 2. The highest BCUT2D eigenvalue weighted by Crippen LogP contribution is 2.30. The van der Waals surface area contributed by atoms with Gasteiger partial charge in [0.15, 0.2) is 11.6 Å². The summed E-state index contributed by atoms with van der Waals surface area (Å²) < 4.78 is 29.6. The number of benzene rings is 1. The van der Waals surface area contributed by atoms with Crippen LogP contribution < -0.4 is 5.56 Å². The molecule has 0 unspecified atom stereocenters. The topological polar surface area (TPSA) is 47.8 Å². The minimum atomic E-state index is -1.14. The predicted molar refractivity (Wildman–Crippen MR) is 82.5 cm³/mol. The highest BCUT2D eigenvalue weighted by molar-refractivity contribution is 6.30. The molecule has 0 saturated heterocycles. The van der Waals surface area contributed by atoms with Crippen LogP contribution in [0.5, 0.6) is 0 Å². The van der Waals surface area contributed by atoms with E-state index in [2.05, 4.69) is 9.97 Å². The number of aromatic nitrogens is 3. The number of pyridine rings is 1. The Morgan fingerprint density at radius 2 is 2.00 bits per heavy atom. The van der Waals surface area contributed by atoms with E-state index in [1.165, 1.54) is 18.3 Å². The van der Waals surface area contributed by atoms with Gasteiger partial charge in [0, 0.05) is 24.7 Å². The molecule has 1 aliphatic rings. The van der Waals surface area contributed by atoms with Crippen LogP contribution in [0.25, 0.3) is 22.2 Å². The van der Waals surface area contributed by atoms with Crippen LogP contribution in [0, 0.1) is 11.6 Å². The SMILES string of the molecule is O=c1c2ccnc(-c3ccc(Cl)c(F)c3F)c2nc2n1CCC2. The number of rotatable bonds is 1. The Hall–Kier alpha value is -2.34. The van der Waals surface area contributed by atoms with Gasteiger partial charge in [0.2, 0.25) is 0 Å². The van der Waals surface area contributed by atoms with Crippen LogP contribution in [0.1, 0.15) is 12.2 Å². The van der Waals surface area contributed by atoms with Crippen molar-refractivity contribution in [1.82, 2.24) is 14.5 Å². The molecule has 0 aliphatic carbocycles. The fraction of sp³-hybridized carbons (Fsp3) is 0.188. The molecule has 0 spiro atoms. The molecule has 1 aromatic carbocycles. The molecular formula is C16H10ClF2N3O. The fourth-order valence-corrected chi connectivity index (χ4v) is 3.06. The summed E-state index contributed by atoms with van der Waals surface area (Å²) in [6.45, 7) is 0.624. The molecule has 1 aliphatic heterocycles. The summed E-state index contributed by atoms with van der Waals surface area (Å²) in [5, 5.41) is 0.0378. The van der Waals surface area contributed by atoms with Gasteiger partial charge in [-0.3, -0.25) is 14.3 Å². The summed E-state index contributed by atoms with van der Waals surface area (Å²) >= 11 is 5.59. The van der Waals surface area contributed by atoms with Gasteiger partial charge in [-0.15, -0.1) is 0 Å². The van der Waals surface area contributed by atoms with E-state index in [4.69, 9.17) is 11.6 Å². The second-order valence-corrected chi connectivity index (χ2v) is 5.77. The average molecular weight is 334 g/mol. The number of aryl methyl sites for hydroxylation is 1. The molecule has 0 amide bonds. The summed E-state index contributed by atoms with van der Waals surface area (Å²) in [5.74, 6) is -1.59. The molecule has 0 radical (unpaired) electrons. The van der Waals surface area contributed by atoms with Gasteiger partial charge in [-0.2, -0.15) is 0 Å². The maximum absolute atomic E-state index is 14.2. The van der Waals surface area contributed by atoms with E-state index in [-0.39, 0.29) is 27.4 Å². The van der Waals surface area contributed by atoms with Crippen molar-refractivity contribution in [2.45, 2.75) is 19.4 Å². The van der Waals surface area contributed by atoms with Crippen molar-refractivity contribution in [3.8, 4) is 11.3 Å². The van der Waals surface area contributed by atoms with Crippen molar-refractivity contribution >= 4 is 22.5 Å². The van der Waals surface area contributed by atoms with Crippen molar-refractivity contribution in [3.05, 3.63) is 57.2 Å². The Morgan fingerprint density at radius 3 is 2.83 bits per heavy atom.